The van der Waals surface area contributed by atoms with Gasteiger partial charge in [-0.05, 0) is 60.8 Å². The quantitative estimate of drug-likeness (QED) is 0.761. The van der Waals surface area contributed by atoms with E-state index in [1.165, 1.54) is 0 Å². The fraction of sp³-hybridized carbons (Fsp3) is 0.611. The Morgan fingerprint density at radius 1 is 1.36 bits per heavy atom. The Labute approximate surface area is 137 Å². The molecule has 4 heteroatoms. The molecule has 3 unspecified atom stereocenters. The molecule has 0 heterocycles. The molecule has 3 nitrogen and oxygen atoms in total. The Bertz CT molecular complexity index is 554. The zero-order valence-corrected chi connectivity index (χ0v) is 14.5. The van der Waals surface area contributed by atoms with E-state index in [0.29, 0.717) is 12.5 Å². The first-order valence-electron chi connectivity index (χ1n) is 8.04. The minimum Gasteiger partial charge on any atom is -0.493 e. The van der Waals surface area contributed by atoms with Gasteiger partial charge in [-0.25, -0.2) is 0 Å². The van der Waals surface area contributed by atoms with Gasteiger partial charge in [0.15, 0.2) is 0 Å². The minimum atomic E-state index is -0.670. The van der Waals surface area contributed by atoms with E-state index in [4.69, 9.17) is 21.4 Å². The Morgan fingerprint density at radius 3 is 2.50 bits per heavy atom. The summed E-state index contributed by atoms with van der Waals surface area (Å²) in [5, 5.41) is 9.78. The average Bonchev–Trinajstić information content (AvgIpc) is 3.19. The Morgan fingerprint density at radius 2 is 2.00 bits per heavy atom. The van der Waals surface area contributed by atoms with Crippen LogP contribution in [0.2, 0.25) is 5.02 Å². The van der Waals surface area contributed by atoms with E-state index in [-0.39, 0.29) is 17.8 Å². The summed E-state index contributed by atoms with van der Waals surface area (Å²) in [7, 11) is 0. The monoisotopic (exact) mass is 324 g/mol. The van der Waals surface area contributed by atoms with Crippen LogP contribution in [0.5, 0.6) is 5.75 Å². The smallest absolute Gasteiger partial charge is 0.306 e. The number of aliphatic carboxylic acids is 1. The fourth-order valence-corrected chi connectivity index (χ4v) is 3.37. The van der Waals surface area contributed by atoms with Crippen molar-refractivity contribution in [1.82, 2.24) is 0 Å². The highest BCUT2D eigenvalue weighted by atomic mass is 35.5. The lowest BCUT2D eigenvalue weighted by atomic mass is 9.89. The van der Waals surface area contributed by atoms with E-state index < -0.39 is 5.97 Å². The van der Waals surface area contributed by atoms with Crippen LogP contribution < -0.4 is 4.74 Å². The van der Waals surface area contributed by atoms with Crippen LogP contribution in [0, 0.1) is 11.8 Å². The van der Waals surface area contributed by atoms with Gasteiger partial charge in [0, 0.05) is 5.02 Å². The van der Waals surface area contributed by atoms with Gasteiger partial charge in [0.1, 0.15) is 5.75 Å². The summed E-state index contributed by atoms with van der Waals surface area (Å²) >= 11 is 6.29. The van der Waals surface area contributed by atoms with E-state index in [0.717, 1.165) is 34.7 Å². The number of carbonyl (C=O) groups is 1. The van der Waals surface area contributed by atoms with Crippen molar-refractivity contribution in [2.75, 3.05) is 6.61 Å². The van der Waals surface area contributed by atoms with E-state index in [1.807, 2.05) is 19.1 Å². The molecule has 1 N–H and O–H groups in total. The van der Waals surface area contributed by atoms with E-state index in [1.54, 1.807) is 0 Å². The molecule has 0 amide bonds. The maximum absolute atomic E-state index is 11.0. The zero-order chi connectivity index (χ0) is 16.4. The van der Waals surface area contributed by atoms with Crippen LogP contribution in [0.4, 0.5) is 0 Å². The topological polar surface area (TPSA) is 46.5 Å². The van der Waals surface area contributed by atoms with Gasteiger partial charge in [-0.2, -0.15) is 0 Å². The van der Waals surface area contributed by atoms with Crippen LogP contribution in [0.15, 0.2) is 12.1 Å². The molecule has 22 heavy (non-hydrogen) atoms. The van der Waals surface area contributed by atoms with Crippen LogP contribution in [-0.4, -0.2) is 17.7 Å². The van der Waals surface area contributed by atoms with Crippen molar-refractivity contribution >= 4 is 17.6 Å². The molecule has 0 saturated heterocycles. The fourth-order valence-electron chi connectivity index (χ4n) is 3.13. The maximum Gasteiger partial charge on any atom is 0.306 e. The second-order valence-corrected chi connectivity index (χ2v) is 7.01. The predicted octanol–water partition coefficient (Wildman–Crippen LogP) is 5.08. The molecule has 1 fully saturated rings. The van der Waals surface area contributed by atoms with Crippen molar-refractivity contribution < 1.29 is 14.6 Å². The third-order valence-electron chi connectivity index (χ3n) is 4.45. The van der Waals surface area contributed by atoms with E-state index in [9.17, 15) is 4.79 Å². The van der Waals surface area contributed by atoms with Crippen molar-refractivity contribution in [2.45, 2.75) is 52.4 Å². The predicted molar refractivity (Wildman–Crippen MR) is 89.0 cm³/mol. The first-order chi connectivity index (χ1) is 10.3. The first kappa shape index (κ1) is 17.1. The molecule has 3 atom stereocenters. The summed E-state index contributed by atoms with van der Waals surface area (Å²) in [6, 6.07) is 3.95. The van der Waals surface area contributed by atoms with Gasteiger partial charge in [-0.15, -0.1) is 0 Å². The molecule has 1 aromatic rings. The second-order valence-electron chi connectivity index (χ2n) is 6.58. The maximum atomic E-state index is 11.0. The average molecular weight is 325 g/mol. The van der Waals surface area contributed by atoms with Gasteiger partial charge in [0.05, 0.1) is 12.5 Å². The molecule has 2 rings (SSSR count). The standard InChI is InChI=1S/C18H25ClO3/c1-5-22-17-14(10(2)3)8-13(19)9-15(17)11(4)6-12-7-16(12)18(20)21/h8-12,16H,5-7H2,1-4H3,(H,20,21). The molecule has 1 saturated carbocycles. The molecule has 1 aliphatic carbocycles. The lowest BCUT2D eigenvalue weighted by Crippen LogP contribution is -2.07. The third-order valence-corrected chi connectivity index (χ3v) is 4.67. The molecule has 1 aromatic carbocycles. The number of halogens is 1. The molecular weight excluding hydrogens is 300 g/mol. The number of rotatable bonds is 7. The molecule has 0 bridgehead atoms. The van der Waals surface area contributed by atoms with Crippen LogP contribution >= 0.6 is 11.6 Å². The summed E-state index contributed by atoms with van der Waals surface area (Å²) in [4.78, 5) is 11.0. The second kappa shape index (κ2) is 6.91. The SMILES string of the molecule is CCOc1c(C(C)C)cc(Cl)cc1C(C)CC1CC1C(=O)O. The van der Waals surface area contributed by atoms with Crippen LogP contribution in [-0.2, 0) is 4.79 Å². The van der Waals surface area contributed by atoms with Gasteiger partial charge >= 0.3 is 5.97 Å². The summed E-state index contributed by atoms with van der Waals surface area (Å²) < 4.78 is 5.91. The first-order valence-corrected chi connectivity index (χ1v) is 8.41. The molecular formula is C18H25ClO3. The Balaban J connectivity index is 2.26. The van der Waals surface area contributed by atoms with E-state index >= 15 is 0 Å². The normalized spacial score (nSPS) is 21.7. The number of benzene rings is 1. The molecule has 0 spiro atoms. The minimum absolute atomic E-state index is 0.165. The van der Waals surface area contributed by atoms with Crippen molar-refractivity contribution in [3.63, 3.8) is 0 Å². The molecule has 122 valence electrons. The number of hydrogen-bond acceptors (Lipinski definition) is 2. The van der Waals surface area contributed by atoms with Gasteiger partial charge in [0.2, 0.25) is 0 Å². The van der Waals surface area contributed by atoms with Crippen LogP contribution in [0.25, 0.3) is 0 Å². The summed E-state index contributed by atoms with van der Waals surface area (Å²) in [5.74, 6) is 0.953. The number of carboxylic acid groups (broad SMARTS) is 1. The van der Waals surface area contributed by atoms with Crippen LogP contribution in [0.1, 0.15) is 63.5 Å². The number of ether oxygens (including phenoxy) is 1. The molecule has 1 aliphatic rings. The highest BCUT2D eigenvalue weighted by Crippen LogP contribution is 2.47. The van der Waals surface area contributed by atoms with Crippen molar-refractivity contribution in [1.29, 1.82) is 0 Å². The molecule has 0 aliphatic heterocycles. The van der Waals surface area contributed by atoms with Gasteiger partial charge in [-0.3, -0.25) is 4.79 Å². The summed E-state index contributed by atoms with van der Waals surface area (Å²) in [6.07, 6.45) is 1.66. The highest BCUT2D eigenvalue weighted by Gasteiger charge is 2.43. The largest absolute Gasteiger partial charge is 0.493 e. The zero-order valence-electron chi connectivity index (χ0n) is 13.7. The third kappa shape index (κ3) is 3.75. The van der Waals surface area contributed by atoms with E-state index in [2.05, 4.69) is 20.8 Å². The van der Waals surface area contributed by atoms with Crippen LogP contribution in [0.3, 0.4) is 0 Å². The van der Waals surface area contributed by atoms with Crippen molar-refractivity contribution in [2.24, 2.45) is 11.8 Å². The van der Waals surface area contributed by atoms with Gasteiger partial charge in [-0.1, -0.05) is 32.4 Å². The Hall–Kier alpha value is -1.22. The van der Waals surface area contributed by atoms with Crippen molar-refractivity contribution in [3.05, 3.63) is 28.3 Å². The lowest BCUT2D eigenvalue weighted by Gasteiger charge is -2.22. The van der Waals surface area contributed by atoms with Gasteiger partial charge in [0.25, 0.3) is 0 Å². The van der Waals surface area contributed by atoms with Crippen molar-refractivity contribution in [3.8, 4) is 5.75 Å². The Kier molecular flexibility index (Phi) is 5.38. The highest BCUT2D eigenvalue weighted by molar-refractivity contribution is 6.30. The molecule has 0 aromatic heterocycles. The summed E-state index contributed by atoms with van der Waals surface area (Å²) in [5.41, 5.74) is 2.23. The number of hydrogen-bond donors (Lipinski definition) is 1. The molecule has 0 radical (unpaired) electrons. The number of carboxylic acids is 1. The summed E-state index contributed by atoms with van der Waals surface area (Å²) in [6.45, 7) is 8.99. The van der Waals surface area contributed by atoms with Gasteiger partial charge < -0.3 is 9.84 Å². The lowest BCUT2D eigenvalue weighted by molar-refractivity contribution is -0.138.